The molecule has 5 heteroatoms. The van der Waals surface area contributed by atoms with Gasteiger partial charge in [-0.2, -0.15) is 5.10 Å². The smallest absolute Gasteiger partial charge is 0.0755 e. The van der Waals surface area contributed by atoms with Crippen LogP contribution in [0.15, 0.2) is 48.8 Å². The summed E-state index contributed by atoms with van der Waals surface area (Å²) in [5.41, 5.74) is 4.43. The number of hydrogen-bond acceptors (Lipinski definition) is 4. The van der Waals surface area contributed by atoms with E-state index in [-0.39, 0.29) is 0 Å². The van der Waals surface area contributed by atoms with Crippen LogP contribution in [0.3, 0.4) is 0 Å². The zero-order chi connectivity index (χ0) is 15.6. The van der Waals surface area contributed by atoms with Crippen molar-refractivity contribution in [1.82, 2.24) is 18.9 Å². The lowest BCUT2D eigenvalue weighted by Gasteiger charge is -2.30. The molecule has 4 nitrogen and oxygen atoms in total. The molecular weight excluding hydrogens is 304 g/mol. The van der Waals surface area contributed by atoms with Crippen LogP contribution in [0.2, 0.25) is 0 Å². The Labute approximate surface area is 140 Å². The largest absolute Gasteiger partial charge is 0.252 e. The highest BCUT2D eigenvalue weighted by atomic mass is 32.2. The first kappa shape index (κ1) is 14.7. The lowest BCUT2D eigenvalue weighted by molar-refractivity contribution is 0.339. The van der Waals surface area contributed by atoms with Crippen LogP contribution in [0.5, 0.6) is 0 Å². The van der Waals surface area contributed by atoms with Crippen LogP contribution >= 0.6 is 11.9 Å². The lowest BCUT2D eigenvalue weighted by atomic mass is 9.95. The molecule has 0 saturated carbocycles. The Morgan fingerprint density at radius 1 is 1.17 bits per heavy atom. The van der Waals surface area contributed by atoms with Crippen LogP contribution in [0.4, 0.5) is 0 Å². The SMILES string of the molecule is CSN1CCCC(c2cccc(-c3cnn4ccccc34)n2)C1. The van der Waals surface area contributed by atoms with Gasteiger partial charge >= 0.3 is 0 Å². The summed E-state index contributed by atoms with van der Waals surface area (Å²) in [5, 5.41) is 4.43. The second-order valence-electron chi connectivity index (χ2n) is 5.95. The Hall–Kier alpha value is -1.85. The molecule has 1 aliphatic heterocycles. The highest BCUT2D eigenvalue weighted by Gasteiger charge is 2.22. The minimum Gasteiger partial charge on any atom is -0.252 e. The van der Waals surface area contributed by atoms with Gasteiger partial charge in [-0.3, -0.25) is 9.29 Å². The van der Waals surface area contributed by atoms with Crippen LogP contribution in [0.1, 0.15) is 24.5 Å². The number of rotatable bonds is 3. The fourth-order valence-electron chi connectivity index (χ4n) is 3.31. The third-order valence-corrected chi connectivity index (χ3v) is 5.38. The monoisotopic (exact) mass is 324 g/mol. The number of piperidine rings is 1. The molecule has 0 spiro atoms. The van der Waals surface area contributed by atoms with E-state index < -0.39 is 0 Å². The van der Waals surface area contributed by atoms with E-state index >= 15 is 0 Å². The average molecular weight is 324 g/mol. The first-order valence-corrected chi connectivity index (χ1v) is 9.22. The molecule has 23 heavy (non-hydrogen) atoms. The maximum atomic E-state index is 4.97. The molecule has 4 heterocycles. The van der Waals surface area contributed by atoms with Crippen molar-refractivity contribution in [3.8, 4) is 11.3 Å². The van der Waals surface area contributed by atoms with Gasteiger partial charge in [-0.25, -0.2) is 4.52 Å². The van der Waals surface area contributed by atoms with Crippen molar-refractivity contribution >= 4 is 17.5 Å². The molecule has 0 aliphatic carbocycles. The zero-order valence-corrected chi connectivity index (χ0v) is 14.0. The minimum absolute atomic E-state index is 0.526. The number of aromatic nitrogens is 3. The van der Waals surface area contributed by atoms with Gasteiger partial charge in [-0.05, 0) is 43.4 Å². The van der Waals surface area contributed by atoms with Gasteiger partial charge in [0.1, 0.15) is 0 Å². The Morgan fingerprint density at radius 2 is 2.13 bits per heavy atom. The maximum Gasteiger partial charge on any atom is 0.0755 e. The molecule has 1 atom stereocenters. The first-order valence-electron chi connectivity index (χ1n) is 8.04. The molecule has 0 bridgehead atoms. The lowest BCUT2D eigenvalue weighted by Crippen LogP contribution is -2.29. The van der Waals surface area contributed by atoms with E-state index in [1.54, 1.807) is 0 Å². The van der Waals surface area contributed by atoms with Crippen molar-refractivity contribution < 1.29 is 0 Å². The minimum atomic E-state index is 0.526. The second kappa shape index (κ2) is 6.34. The van der Waals surface area contributed by atoms with Gasteiger partial charge in [0, 0.05) is 36.5 Å². The Balaban J connectivity index is 1.69. The van der Waals surface area contributed by atoms with Gasteiger partial charge in [0.25, 0.3) is 0 Å². The topological polar surface area (TPSA) is 33.4 Å². The summed E-state index contributed by atoms with van der Waals surface area (Å²) in [5.74, 6) is 0.526. The molecule has 3 aromatic heterocycles. The summed E-state index contributed by atoms with van der Waals surface area (Å²) >= 11 is 1.84. The maximum absolute atomic E-state index is 4.97. The summed E-state index contributed by atoms with van der Waals surface area (Å²) in [7, 11) is 0. The van der Waals surface area contributed by atoms with Gasteiger partial charge in [0.2, 0.25) is 0 Å². The Morgan fingerprint density at radius 3 is 3.04 bits per heavy atom. The molecule has 1 unspecified atom stereocenters. The van der Waals surface area contributed by atoms with E-state index in [1.807, 2.05) is 41.0 Å². The van der Waals surface area contributed by atoms with E-state index in [0.717, 1.165) is 23.3 Å². The molecule has 4 rings (SSSR count). The van der Waals surface area contributed by atoms with E-state index in [0.29, 0.717) is 5.92 Å². The fourth-order valence-corrected chi connectivity index (χ4v) is 3.95. The predicted molar refractivity (Wildman–Crippen MR) is 95.5 cm³/mol. The third-order valence-electron chi connectivity index (χ3n) is 4.53. The van der Waals surface area contributed by atoms with Gasteiger partial charge in [0.15, 0.2) is 0 Å². The standard InChI is InChI=1S/C18H20N4S/c1-23-21-10-5-6-14(13-21)16-7-4-8-17(20-16)15-12-19-22-11-3-2-9-18(15)22/h2-4,7-9,11-12,14H,5-6,10,13H2,1H3. The predicted octanol–water partition coefficient (Wildman–Crippen LogP) is 3.85. The molecule has 118 valence electrons. The molecule has 0 N–H and O–H groups in total. The van der Waals surface area contributed by atoms with Crippen molar-refractivity contribution in [3.05, 3.63) is 54.5 Å². The van der Waals surface area contributed by atoms with Gasteiger partial charge in [-0.1, -0.05) is 24.1 Å². The van der Waals surface area contributed by atoms with Crippen LogP contribution in [-0.2, 0) is 0 Å². The number of hydrogen-bond donors (Lipinski definition) is 0. The van der Waals surface area contributed by atoms with Crippen molar-refractivity contribution in [1.29, 1.82) is 0 Å². The number of nitrogens with zero attached hydrogens (tertiary/aromatic N) is 4. The highest BCUT2D eigenvalue weighted by molar-refractivity contribution is 7.96. The van der Waals surface area contributed by atoms with Crippen LogP contribution < -0.4 is 0 Å². The average Bonchev–Trinajstić information content (AvgIpc) is 3.06. The van der Waals surface area contributed by atoms with E-state index in [4.69, 9.17) is 4.98 Å². The quantitative estimate of drug-likeness (QED) is 0.685. The van der Waals surface area contributed by atoms with Crippen molar-refractivity contribution in [2.45, 2.75) is 18.8 Å². The Kier molecular flexibility index (Phi) is 4.06. The molecule has 0 radical (unpaired) electrons. The summed E-state index contributed by atoms with van der Waals surface area (Å²) in [6.07, 6.45) is 8.51. The summed E-state index contributed by atoms with van der Waals surface area (Å²) in [4.78, 5) is 4.97. The summed E-state index contributed by atoms with van der Waals surface area (Å²) < 4.78 is 4.34. The van der Waals surface area contributed by atoms with Gasteiger partial charge < -0.3 is 0 Å². The highest BCUT2D eigenvalue weighted by Crippen LogP contribution is 2.30. The molecule has 1 saturated heterocycles. The van der Waals surface area contributed by atoms with Gasteiger partial charge in [-0.15, -0.1) is 0 Å². The second-order valence-corrected chi connectivity index (χ2v) is 6.83. The summed E-state index contributed by atoms with van der Waals surface area (Å²) in [6, 6.07) is 12.5. The van der Waals surface area contributed by atoms with E-state index in [2.05, 4.69) is 39.9 Å². The Bertz CT molecular complexity index is 813. The van der Waals surface area contributed by atoms with Crippen LogP contribution in [0, 0.1) is 0 Å². The first-order chi connectivity index (χ1) is 11.3. The van der Waals surface area contributed by atoms with Crippen molar-refractivity contribution in [3.63, 3.8) is 0 Å². The molecule has 0 aromatic carbocycles. The summed E-state index contributed by atoms with van der Waals surface area (Å²) in [6.45, 7) is 2.28. The molecule has 1 fully saturated rings. The molecule has 3 aromatic rings. The van der Waals surface area contributed by atoms with Crippen molar-refractivity contribution in [2.24, 2.45) is 0 Å². The number of pyridine rings is 2. The van der Waals surface area contributed by atoms with Gasteiger partial charge in [0.05, 0.1) is 17.4 Å². The van der Waals surface area contributed by atoms with E-state index in [9.17, 15) is 0 Å². The molecule has 0 amide bonds. The third kappa shape index (κ3) is 2.86. The van der Waals surface area contributed by atoms with Crippen molar-refractivity contribution in [2.75, 3.05) is 19.3 Å². The fraction of sp³-hybridized carbons (Fsp3) is 0.333. The molecule has 1 aliphatic rings. The number of fused-ring (bicyclic) bond motifs is 1. The zero-order valence-electron chi connectivity index (χ0n) is 13.2. The molecular formula is C18H20N4S. The normalized spacial score (nSPS) is 19.3. The van der Waals surface area contributed by atoms with E-state index in [1.165, 1.54) is 25.1 Å². The van der Waals surface area contributed by atoms with Crippen LogP contribution in [0.25, 0.3) is 16.8 Å². The van der Waals surface area contributed by atoms with Crippen LogP contribution in [-0.4, -0.2) is 38.2 Å².